The first kappa shape index (κ1) is 10.7. The number of benzene rings is 2. The smallest absolute Gasteiger partial charge is 0.189 e. The van der Waals surface area contributed by atoms with Crippen molar-refractivity contribution in [3.63, 3.8) is 0 Å². The van der Waals surface area contributed by atoms with Crippen LogP contribution in [0.2, 0.25) is 0 Å². The maximum Gasteiger partial charge on any atom is 0.189 e. The summed E-state index contributed by atoms with van der Waals surface area (Å²) in [4.78, 5) is 0. The third kappa shape index (κ3) is 2.08. The van der Waals surface area contributed by atoms with E-state index in [0.717, 1.165) is 29.5 Å². The molecule has 0 spiro atoms. The molecule has 0 unspecified atom stereocenters. The fourth-order valence-corrected chi connectivity index (χ4v) is 1.90. The molecular weight excluding hydrogens is 196 g/mol. The summed E-state index contributed by atoms with van der Waals surface area (Å²) in [6, 6.07) is 15.6. The van der Waals surface area contributed by atoms with Crippen LogP contribution in [0.4, 0.5) is 0 Å². The Morgan fingerprint density at radius 3 is 2.38 bits per heavy atom. The van der Waals surface area contributed by atoms with Gasteiger partial charge in [-0.05, 0) is 12.0 Å². The van der Waals surface area contributed by atoms with Crippen molar-refractivity contribution in [1.29, 1.82) is 0 Å². The van der Waals surface area contributed by atoms with Crippen LogP contribution in [0.3, 0.4) is 0 Å². The average molecular weight is 211 g/mol. The highest BCUT2D eigenvalue weighted by atomic mass is 16.3. The largest absolute Gasteiger partial charge is 0.289 e. The summed E-state index contributed by atoms with van der Waals surface area (Å²) < 4.78 is 0. The van der Waals surface area contributed by atoms with Gasteiger partial charge in [0.15, 0.2) is 5.75 Å². The predicted octanol–water partition coefficient (Wildman–Crippen LogP) is 4.45. The van der Waals surface area contributed by atoms with Crippen LogP contribution in [0.1, 0.15) is 18.9 Å². The fraction of sp³-hybridized carbons (Fsp3) is 0.200. The Balaban J connectivity index is 2.46. The van der Waals surface area contributed by atoms with Gasteiger partial charge in [0, 0.05) is 11.1 Å². The number of hydrogen-bond donors (Lipinski definition) is 0. The summed E-state index contributed by atoms with van der Waals surface area (Å²) in [5, 5.41) is 12.2. The van der Waals surface area contributed by atoms with E-state index in [2.05, 4.69) is 6.92 Å². The lowest BCUT2D eigenvalue weighted by Gasteiger charge is -2.06. The molecule has 0 heterocycles. The maximum absolute atomic E-state index is 12.2. The van der Waals surface area contributed by atoms with Crippen molar-refractivity contribution in [3.05, 3.63) is 54.1 Å². The Morgan fingerprint density at radius 1 is 0.938 bits per heavy atom. The first-order valence-electron chi connectivity index (χ1n) is 5.67. The lowest BCUT2D eigenvalue weighted by atomic mass is 9.99. The molecular formula is C15H15O. The molecule has 0 fully saturated rings. The molecule has 0 saturated carbocycles. The Bertz CT molecular complexity index is 460. The van der Waals surface area contributed by atoms with Crippen LogP contribution in [-0.4, -0.2) is 0 Å². The van der Waals surface area contributed by atoms with Gasteiger partial charge in [-0.25, -0.2) is 0 Å². The topological polar surface area (TPSA) is 19.9 Å². The van der Waals surface area contributed by atoms with Gasteiger partial charge in [-0.3, -0.25) is 5.11 Å². The number of rotatable bonds is 3. The van der Waals surface area contributed by atoms with Crippen molar-refractivity contribution < 1.29 is 5.11 Å². The molecule has 0 aliphatic rings. The Hall–Kier alpha value is -1.76. The van der Waals surface area contributed by atoms with Crippen molar-refractivity contribution in [3.8, 4) is 16.9 Å². The minimum Gasteiger partial charge on any atom is -0.289 e. The molecule has 0 N–H and O–H groups in total. The third-order valence-electron chi connectivity index (χ3n) is 2.70. The minimum atomic E-state index is 0.176. The van der Waals surface area contributed by atoms with E-state index >= 15 is 0 Å². The SMILES string of the molecule is CCCc1cccc(-c2ccccc2)c1[O]. The number of hydrogen-bond acceptors (Lipinski definition) is 0. The van der Waals surface area contributed by atoms with Gasteiger partial charge in [-0.2, -0.15) is 0 Å². The van der Waals surface area contributed by atoms with Gasteiger partial charge in [0.1, 0.15) is 0 Å². The van der Waals surface area contributed by atoms with Gasteiger partial charge in [0.05, 0.1) is 0 Å². The first-order valence-corrected chi connectivity index (χ1v) is 5.67. The summed E-state index contributed by atoms with van der Waals surface area (Å²) in [6.07, 6.45) is 1.87. The average Bonchev–Trinajstić information content (AvgIpc) is 2.33. The molecule has 0 amide bonds. The van der Waals surface area contributed by atoms with E-state index in [1.807, 2.05) is 48.5 Å². The van der Waals surface area contributed by atoms with Gasteiger partial charge < -0.3 is 0 Å². The predicted molar refractivity (Wildman–Crippen MR) is 66.0 cm³/mol. The van der Waals surface area contributed by atoms with Gasteiger partial charge in [-0.1, -0.05) is 61.9 Å². The zero-order valence-electron chi connectivity index (χ0n) is 9.44. The molecule has 0 aliphatic heterocycles. The molecule has 2 aromatic carbocycles. The normalized spacial score (nSPS) is 10.3. The molecule has 1 heteroatoms. The van der Waals surface area contributed by atoms with E-state index in [1.165, 1.54) is 0 Å². The van der Waals surface area contributed by atoms with Gasteiger partial charge in [0.2, 0.25) is 0 Å². The molecule has 1 nitrogen and oxygen atoms in total. The molecule has 2 rings (SSSR count). The van der Waals surface area contributed by atoms with E-state index < -0.39 is 0 Å². The number of aryl methyl sites for hydroxylation is 1. The van der Waals surface area contributed by atoms with Crippen molar-refractivity contribution in [2.75, 3.05) is 0 Å². The minimum absolute atomic E-state index is 0.176. The van der Waals surface area contributed by atoms with Gasteiger partial charge in [-0.15, -0.1) is 0 Å². The molecule has 0 aromatic heterocycles. The molecule has 0 saturated heterocycles. The molecule has 2 aromatic rings. The highest BCUT2D eigenvalue weighted by molar-refractivity contribution is 5.71. The van der Waals surface area contributed by atoms with Gasteiger partial charge in [0.25, 0.3) is 0 Å². The highest BCUT2D eigenvalue weighted by Crippen LogP contribution is 2.33. The summed E-state index contributed by atoms with van der Waals surface area (Å²) in [5.74, 6) is 0.176. The monoisotopic (exact) mass is 211 g/mol. The Kier molecular flexibility index (Phi) is 3.25. The molecule has 16 heavy (non-hydrogen) atoms. The van der Waals surface area contributed by atoms with Crippen LogP contribution >= 0.6 is 0 Å². The van der Waals surface area contributed by atoms with Crippen molar-refractivity contribution in [2.24, 2.45) is 0 Å². The summed E-state index contributed by atoms with van der Waals surface area (Å²) in [6.45, 7) is 2.09. The first-order chi connectivity index (χ1) is 7.83. The van der Waals surface area contributed by atoms with Crippen LogP contribution in [0, 0.1) is 0 Å². The van der Waals surface area contributed by atoms with Crippen molar-refractivity contribution in [2.45, 2.75) is 19.8 Å². The Labute approximate surface area is 96.4 Å². The molecule has 0 aliphatic carbocycles. The van der Waals surface area contributed by atoms with E-state index in [9.17, 15) is 5.11 Å². The van der Waals surface area contributed by atoms with E-state index in [1.54, 1.807) is 0 Å². The standard InChI is InChI=1S/C15H15O/c1-2-7-13-10-6-11-14(15(13)16)12-8-4-3-5-9-12/h3-6,8-11H,2,7H2,1H3. The van der Waals surface area contributed by atoms with Crippen LogP contribution < -0.4 is 0 Å². The second-order valence-corrected chi connectivity index (χ2v) is 3.91. The summed E-state index contributed by atoms with van der Waals surface area (Å²) in [7, 11) is 0. The zero-order chi connectivity index (χ0) is 11.4. The van der Waals surface area contributed by atoms with Crippen molar-refractivity contribution in [1.82, 2.24) is 0 Å². The zero-order valence-corrected chi connectivity index (χ0v) is 9.44. The third-order valence-corrected chi connectivity index (χ3v) is 2.70. The summed E-state index contributed by atoms with van der Waals surface area (Å²) in [5.41, 5.74) is 2.74. The summed E-state index contributed by atoms with van der Waals surface area (Å²) >= 11 is 0. The van der Waals surface area contributed by atoms with Crippen molar-refractivity contribution >= 4 is 0 Å². The second kappa shape index (κ2) is 4.84. The molecule has 0 atom stereocenters. The van der Waals surface area contributed by atoms with Gasteiger partial charge >= 0.3 is 0 Å². The van der Waals surface area contributed by atoms with E-state index in [0.29, 0.717) is 0 Å². The lowest BCUT2D eigenvalue weighted by Crippen LogP contribution is -1.86. The Morgan fingerprint density at radius 2 is 1.69 bits per heavy atom. The second-order valence-electron chi connectivity index (χ2n) is 3.91. The van der Waals surface area contributed by atoms with Crippen LogP contribution in [-0.2, 0) is 11.5 Å². The van der Waals surface area contributed by atoms with Crippen LogP contribution in [0.25, 0.3) is 11.1 Å². The number of para-hydroxylation sites is 1. The quantitative estimate of drug-likeness (QED) is 0.714. The maximum atomic E-state index is 12.2. The lowest BCUT2D eigenvalue weighted by molar-refractivity contribution is 0.351. The van der Waals surface area contributed by atoms with Crippen LogP contribution in [0.15, 0.2) is 48.5 Å². The van der Waals surface area contributed by atoms with Crippen LogP contribution in [0.5, 0.6) is 5.75 Å². The highest BCUT2D eigenvalue weighted by Gasteiger charge is 2.09. The molecule has 1 radical (unpaired) electrons. The van der Waals surface area contributed by atoms with E-state index in [-0.39, 0.29) is 5.75 Å². The molecule has 81 valence electrons. The van der Waals surface area contributed by atoms with E-state index in [4.69, 9.17) is 0 Å². The molecule has 0 bridgehead atoms. The fourth-order valence-electron chi connectivity index (χ4n) is 1.90.